The summed E-state index contributed by atoms with van der Waals surface area (Å²) in [6.07, 6.45) is 0.218. The molecule has 1 spiro atoms. The summed E-state index contributed by atoms with van der Waals surface area (Å²) in [6, 6.07) is 7.93. The lowest BCUT2D eigenvalue weighted by atomic mass is 9.70. The van der Waals surface area contributed by atoms with Crippen molar-refractivity contribution < 1.29 is 33.7 Å². The molecule has 1 aromatic rings. The zero-order valence-corrected chi connectivity index (χ0v) is 23.2. The van der Waals surface area contributed by atoms with Gasteiger partial charge in [0.05, 0.1) is 50.4 Å². The molecule has 11 heteroatoms. The number of hydrogen-bond donors (Lipinski definition) is 2. The van der Waals surface area contributed by atoms with E-state index >= 15 is 0 Å². The van der Waals surface area contributed by atoms with Crippen molar-refractivity contribution in [2.45, 2.75) is 48.4 Å². The molecule has 4 aliphatic rings. The van der Waals surface area contributed by atoms with Crippen molar-refractivity contribution in [2.75, 3.05) is 52.6 Å². The number of ether oxygens (including phenoxy) is 3. The summed E-state index contributed by atoms with van der Waals surface area (Å²) in [7, 11) is 0. The molecule has 0 aromatic heterocycles. The molecule has 4 aliphatic heterocycles. The number of carbonyl (C=O) groups excluding carboxylic acids is 3. The number of alkyl halides is 1. The number of hydrogen-bond acceptors (Lipinski definition) is 8. The molecular formula is C27H36BrN3O7. The number of morpholine rings is 1. The van der Waals surface area contributed by atoms with E-state index in [1.54, 1.807) is 6.92 Å². The van der Waals surface area contributed by atoms with Crippen LogP contribution in [-0.2, 0) is 35.0 Å². The average Bonchev–Trinajstić information content (AvgIpc) is 3.52. The third kappa shape index (κ3) is 4.88. The highest BCUT2D eigenvalue weighted by molar-refractivity contribution is 9.09. The molecule has 0 radical (unpaired) electrons. The monoisotopic (exact) mass is 593 g/mol. The molecule has 2 amide bonds. The molecular weight excluding hydrogens is 558 g/mol. The first kappa shape index (κ1) is 27.5. The lowest BCUT2D eigenvalue weighted by Gasteiger charge is -2.37. The number of nitrogens with one attached hydrogen (secondary N) is 1. The minimum Gasteiger partial charge on any atom is -0.466 e. The second-order valence-electron chi connectivity index (χ2n) is 10.4. The van der Waals surface area contributed by atoms with Crippen LogP contribution in [0, 0.1) is 11.8 Å². The van der Waals surface area contributed by atoms with Gasteiger partial charge in [-0.3, -0.25) is 19.3 Å². The van der Waals surface area contributed by atoms with Crippen LogP contribution in [0.1, 0.15) is 18.9 Å². The summed E-state index contributed by atoms with van der Waals surface area (Å²) >= 11 is 3.65. The van der Waals surface area contributed by atoms with Crippen LogP contribution in [-0.4, -0.2) is 114 Å². The van der Waals surface area contributed by atoms with E-state index in [0.717, 1.165) is 18.7 Å². The third-order valence-electron chi connectivity index (χ3n) is 8.28. The normalized spacial score (nSPS) is 33.3. The quantitative estimate of drug-likeness (QED) is 0.295. The van der Waals surface area contributed by atoms with Gasteiger partial charge in [0.1, 0.15) is 11.6 Å². The smallest absolute Gasteiger partial charge is 0.312 e. The topological polar surface area (TPSA) is 118 Å². The molecule has 3 unspecified atom stereocenters. The minimum absolute atomic E-state index is 0.186. The highest BCUT2D eigenvalue weighted by atomic mass is 79.9. The van der Waals surface area contributed by atoms with Crippen molar-refractivity contribution >= 4 is 33.7 Å². The van der Waals surface area contributed by atoms with E-state index in [0.29, 0.717) is 39.1 Å². The zero-order chi connectivity index (χ0) is 26.9. The van der Waals surface area contributed by atoms with Gasteiger partial charge < -0.3 is 29.5 Å². The molecule has 0 aliphatic carbocycles. The molecule has 4 saturated heterocycles. The van der Waals surface area contributed by atoms with Gasteiger partial charge in [0.25, 0.3) is 0 Å². The van der Waals surface area contributed by atoms with Crippen LogP contribution < -0.4 is 5.32 Å². The Morgan fingerprint density at radius 1 is 1.26 bits per heavy atom. The predicted molar refractivity (Wildman–Crippen MR) is 140 cm³/mol. The van der Waals surface area contributed by atoms with Gasteiger partial charge in [0, 0.05) is 31.0 Å². The fourth-order valence-electron chi connectivity index (χ4n) is 6.66. The first-order valence-corrected chi connectivity index (χ1v) is 14.4. The second-order valence-corrected chi connectivity index (χ2v) is 11.6. The summed E-state index contributed by atoms with van der Waals surface area (Å²) in [5.41, 5.74) is -0.244. The molecule has 1 aromatic carbocycles. The maximum Gasteiger partial charge on any atom is 0.312 e. The van der Waals surface area contributed by atoms with Crippen LogP contribution in [0.25, 0.3) is 0 Å². The average molecular weight is 595 g/mol. The predicted octanol–water partition coefficient (Wildman–Crippen LogP) is 0.350. The Hall–Kier alpha value is -2.05. The van der Waals surface area contributed by atoms with Crippen LogP contribution in [0.4, 0.5) is 0 Å². The van der Waals surface area contributed by atoms with Crippen LogP contribution in [0.15, 0.2) is 30.3 Å². The molecule has 38 heavy (non-hydrogen) atoms. The van der Waals surface area contributed by atoms with Gasteiger partial charge in [-0.05, 0) is 25.3 Å². The molecule has 0 saturated carbocycles. The van der Waals surface area contributed by atoms with Crippen molar-refractivity contribution in [1.29, 1.82) is 0 Å². The number of aliphatic hydroxyl groups is 1. The van der Waals surface area contributed by atoms with E-state index in [2.05, 4.69) is 26.1 Å². The summed E-state index contributed by atoms with van der Waals surface area (Å²) in [5, 5.41) is 13.5. The van der Waals surface area contributed by atoms with Crippen molar-refractivity contribution in [1.82, 2.24) is 15.1 Å². The fourth-order valence-corrected chi connectivity index (χ4v) is 7.61. The molecule has 4 fully saturated rings. The highest BCUT2D eigenvalue weighted by Gasteiger charge is 2.77. The van der Waals surface area contributed by atoms with E-state index in [-0.39, 0.29) is 29.9 Å². The van der Waals surface area contributed by atoms with Crippen molar-refractivity contribution in [3.05, 3.63) is 35.9 Å². The molecule has 4 heterocycles. The Morgan fingerprint density at radius 3 is 2.68 bits per heavy atom. The van der Waals surface area contributed by atoms with Gasteiger partial charge in [-0.1, -0.05) is 46.3 Å². The largest absolute Gasteiger partial charge is 0.466 e. The molecule has 5 rings (SSSR count). The Kier molecular flexibility index (Phi) is 8.39. The van der Waals surface area contributed by atoms with Gasteiger partial charge in [0.2, 0.25) is 11.8 Å². The van der Waals surface area contributed by atoms with Crippen molar-refractivity contribution in [2.24, 2.45) is 11.8 Å². The van der Waals surface area contributed by atoms with Crippen LogP contribution in [0.3, 0.4) is 0 Å². The first-order chi connectivity index (χ1) is 18.4. The molecule has 208 valence electrons. The Balaban J connectivity index is 1.44. The van der Waals surface area contributed by atoms with E-state index < -0.39 is 41.6 Å². The van der Waals surface area contributed by atoms with Gasteiger partial charge in [0.15, 0.2) is 0 Å². The van der Waals surface area contributed by atoms with E-state index in [9.17, 15) is 19.5 Å². The van der Waals surface area contributed by atoms with Gasteiger partial charge >= 0.3 is 5.97 Å². The second kappa shape index (κ2) is 11.6. The standard InChI is InChI=1S/C27H36BrN3O7/c1-2-37-26(35)20-21-25(34)31(18(16-32)14-17-6-4-3-5-7-17)23(27(21)15-19(28)22(20)38-27)24(33)29-8-9-30-10-12-36-13-11-30/h3-7,18-23,32H,2,8-16H2,1H3,(H,29,33)/t18-,19?,20-,21+,22-,23?,27?/m1/s1. The van der Waals surface area contributed by atoms with Crippen LogP contribution in [0.2, 0.25) is 0 Å². The number of rotatable bonds is 10. The Bertz CT molecular complexity index is 1020. The number of esters is 1. The lowest BCUT2D eigenvalue weighted by molar-refractivity contribution is -0.155. The molecule has 2 N–H and O–H groups in total. The van der Waals surface area contributed by atoms with Crippen LogP contribution in [0.5, 0.6) is 0 Å². The summed E-state index contributed by atoms with van der Waals surface area (Å²) in [6.45, 7) is 5.59. The van der Waals surface area contributed by atoms with Gasteiger partial charge in [-0.25, -0.2) is 0 Å². The van der Waals surface area contributed by atoms with Crippen LogP contribution >= 0.6 is 15.9 Å². The van der Waals surface area contributed by atoms with E-state index in [1.807, 2.05) is 30.3 Å². The lowest BCUT2D eigenvalue weighted by Crippen LogP contribution is -2.59. The zero-order valence-electron chi connectivity index (χ0n) is 21.6. The molecule has 2 bridgehead atoms. The minimum atomic E-state index is -1.18. The van der Waals surface area contributed by atoms with Gasteiger partial charge in [-0.2, -0.15) is 0 Å². The van der Waals surface area contributed by atoms with Crippen molar-refractivity contribution in [3.8, 4) is 0 Å². The van der Waals surface area contributed by atoms with E-state index in [4.69, 9.17) is 14.2 Å². The highest BCUT2D eigenvalue weighted by Crippen LogP contribution is 2.60. The number of fused-ring (bicyclic) bond motifs is 1. The number of likely N-dealkylation sites (tertiary alicyclic amines) is 1. The van der Waals surface area contributed by atoms with E-state index in [1.165, 1.54) is 4.90 Å². The maximum absolute atomic E-state index is 14.1. The van der Waals surface area contributed by atoms with Gasteiger partial charge in [-0.15, -0.1) is 0 Å². The fraction of sp³-hybridized carbons (Fsp3) is 0.667. The number of carbonyl (C=O) groups is 3. The first-order valence-electron chi connectivity index (χ1n) is 13.4. The number of aliphatic hydroxyl groups excluding tert-OH is 1. The molecule has 10 nitrogen and oxygen atoms in total. The Morgan fingerprint density at radius 2 is 2.00 bits per heavy atom. The molecule has 7 atom stereocenters. The number of benzene rings is 1. The maximum atomic E-state index is 14.1. The SMILES string of the molecule is CCOC(=O)[C@H]1[C@@H]2OC3(CC2Br)C(C(=O)NCCN2CCOCC2)N([C@@H](CO)Cc2ccccc2)C(=O)[C@H]13. The third-order valence-corrected chi connectivity index (χ3v) is 9.13. The summed E-state index contributed by atoms with van der Waals surface area (Å²) < 4.78 is 17.2. The summed E-state index contributed by atoms with van der Waals surface area (Å²) in [5.74, 6) is -2.82. The summed E-state index contributed by atoms with van der Waals surface area (Å²) in [4.78, 5) is 44.6. The number of nitrogens with zero attached hydrogens (tertiary/aromatic N) is 2. The Labute approximate surface area is 231 Å². The number of amides is 2. The number of halogens is 1. The van der Waals surface area contributed by atoms with Crippen molar-refractivity contribution in [3.63, 3.8) is 0 Å².